The summed E-state index contributed by atoms with van der Waals surface area (Å²) in [6, 6.07) is 16.4. The largest absolute Gasteiger partial charge is 0.308 e. The molecular weight excluding hydrogens is 420 g/mol. The van der Waals surface area contributed by atoms with Crippen molar-refractivity contribution >= 4 is 32.8 Å². The number of rotatable bonds is 3. The third-order valence-electron chi connectivity index (χ3n) is 5.15. The highest BCUT2D eigenvalue weighted by atomic mass is 32.2. The fourth-order valence-electron chi connectivity index (χ4n) is 3.36. The van der Waals surface area contributed by atoms with Crippen LogP contribution >= 0.6 is 0 Å². The van der Waals surface area contributed by atoms with Crippen LogP contribution in [0.25, 0.3) is 0 Å². The number of carbonyl (C=O) groups excluding carboxylic acids is 2. The van der Waals surface area contributed by atoms with Crippen molar-refractivity contribution < 1.29 is 13.8 Å². The Bertz CT molecular complexity index is 1240. The zero-order valence-electron chi connectivity index (χ0n) is 18.8. The molecule has 1 aliphatic carbocycles. The van der Waals surface area contributed by atoms with Crippen molar-refractivity contribution in [1.29, 1.82) is 0 Å². The smallest absolute Gasteiger partial charge is 0.173 e. The number of aryl methyl sites for hydroxylation is 1. The van der Waals surface area contributed by atoms with E-state index < -0.39 is 9.71 Å². The topological polar surface area (TPSA) is 76.1 Å². The lowest BCUT2D eigenvalue weighted by atomic mass is 9.87. The third-order valence-corrected chi connectivity index (χ3v) is 6.73. The van der Waals surface area contributed by atoms with Crippen molar-refractivity contribution in [2.45, 2.75) is 44.4 Å². The van der Waals surface area contributed by atoms with Crippen molar-refractivity contribution in [2.24, 2.45) is 0 Å². The van der Waals surface area contributed by atoms with Gasteiger partial charge in [0.1, 0.15) is 0 Å². The minimum Gasteiger partial charge on any atom is -0.308 e. The average Bonchev–Trinajstić information content (AvgIpc) is 3.03. The van der Waals surface area contributed by atoms with Gasteiger partial charge in [-0.15, -0.1) is 0 Å². The third kappa shape index (κ3) is 5.32. The molecule has 32 heavy (non-hydrogen) atoms. The van der Waals surface area contributed by atoms with Gasteiger partial charge in [0.15, 0.2) is 11.6 Å². The zero-order chi connectivity index (χ0) is 23.5. The lowest BCUT2D eigenvalue weighted by molar-refractivity contribution is 0.0923. The second-order valence-electron chi connectivity index (χ2n) is 8.83. The first-order valence-corrected chi connectivity index (χ1v) is 12.0. The van der Waals surface area contributed by atoms with Crippen LogP contribution in [0.2, 0.25) is 0 Å². The van der Waals surface area contributed by atoms with Gasteiger partial charge in [-0.25, -0.2) is 4.21 Å². The maximum atomic E-state index is 13.1. The monoisotopic (exact) mass is 448 g/mol. The Morgan fingerprint density at radius 3 is 2.19 bits per heavy atom. The van der Waals surface area contributed by atoms with Crippen molar-refractivity contribution in [1.82, 2.24) is 4.98 Å². The van der Waals surface area contributed by atoms with Crippen LogP contribution in [-0.2, 0) is 15.1 Å². The lowest BCUT2D eigenvalue weighted by Gasteiger charge is -2.20. The number of ketones is 2. The molecule has 5 nitrogen and oxygen atoms in total. The van der Waals surface area contributed by atoms with E-state index in [-0.39, 0.29) is 23.4 Å². The molecule has 0 saturated carbocycles. The maximum absolute atomic E-state index is 13.1. The van der Waals surface area contributed by atoms with E-state index in [0.717, 1.165) is 5.56 Å². The summed E-state index contributed by atoms with van der Waals surface area (Å²) in [6.07, 6.45) is 3.47. The number of aromatic nitrogens is 1. The van der Waals surface area contributed by atoms with E-state index in [2.05, 4.69) is 36.3 Å². The van der Waals surface area contributed by atoms with E-state index in [1.807, 2.05) is 37.4 Å². The summed E-state index contributed by atoms with van der Waals surface area (Å²) in [4.78, 5) is 28.4. The first kappa shape index (κ1) is 23.4. The number of anilines is 1. The summed E-state index contributed by atoms with van der Waals surface area (Å²) in [5, 5.41) is 0. The highest BCUT2D eigenvalue weighted by molar-refractivity contribution is 8.01. The number of hydrogen-bond acceptors (Lipinski definition) is 4. The van der Waals surface area contributed by atoms with E-state index in [4.69, 9.17) is 0 Å². The van der Waals surface area contributed by atoms with E-state index in [0.29, 0.717) is 21.7 Å². The Balaban J connectivity index is 0.000000352. The van der Waals surface area contributed by atoms with Crippen molar-refractivity contribution in [3.63, 3.8) is 0 Å². The molecule has 1 aromatic heterocycles. The van der Waals surface area contributed by atoms with E-state index in [1.54, 1.807) is 36.5 Å². The summed E-state index contributed by atoms with van der Waals surface area (Å²) >= 11 is 0. The Morgan fingerprint density at radius 1 is 0.969 bits per heavy atom. The summed E-state index contributed by atoms with van der Waals surface area (Å²) in [5.41, 5.74) is 3.44. The summed E-state index contributed by atoms with van der Waals surface area (Å²) in [6.45, 7) is 8.35. The number of fused-ring (bicyclic) bond motifs is 1. The molecule has 1 aliphatic rings. The Morgan fingerprint density at radius 2 is 1.66 bits per heavy atom. The van der Waals surface area contributed by atoms with Crippen LogP contribution in [0, 0.1) is 6.92 Å². The lowest BCUT2D eigenvalue weighted by Crippen LogP contribution is -2.16. The predicted octanol–water partition coefficient (Wildman–Crippen LogP) is 5.25. The molecule has 0 bridgehead atoms. The van der Waals surface area contributed by atoms with E-state index in [1.165, 1.54) is 5.56 Å². The molecule has 6 heteroatoms. The van der Waals surface area contributed by atoms with Gasteiger partial charge in [0.05, 0.1) is 27.4 Å². The minimum absolute atomic E-state index is 0.00103. The highest BCUT2D eigenvalue weighted by Crippen LogP contribution is 2.31. The fourth-order valence-corrected chi connectivity index (χ4v) is 4.58. The van der Waals surface area contributed by atoms with Crippen molar-refractivity contribution in [3.8, 4) is 0 Å². The first-order chi connectivity index (χ1) is 15.0. The predicted molar refractivity (Wildman–Crippen MR) is 131 cm³/mol. The molecule has 0 saturated heterocycles. The van der Waals surface area contributed by atoms with Crippen LogP contribution in [0.3, 0.4) is 0 Å². The molecule has 0 radical (unpaired) electrons. The standard InChI is InChI=1S/C20H21NO3S.C6H7N/c1-20(2,3)13-8-10-14(11-9-13)25(4,24)21-16-7-5-6-15-17(22)12-18(23)19(15)16;1-6-3-2-4-7-5-6/h5-11H,4,12H2,1-3H3,(H,21,24);2-5H,1H3. The van der Waals surface area contributed by atoms with Crippen LogP contribution in [0.4, 0.5) is 5.69 Å². The van der Waals surface area contributed by atoms with Gasteiger partial charge in [-0.05, 0) is 53.6 Å². The van der Waals surface area contributed by atoms with Crippen LogP contribution in [-0.4, -0.2) is 26.6 Å². The van der Waals surface area contributed by atoms with Crippen molar-refractivity contribution in [3.05, 3.63) is 89.2 Å². The Labute approximate surface area is 190 Å². The number of pyridine rings is 1. The number of carbonyl (C=O) groups is 2. The van der Waals surface area contributed by atoms with Crippen LogP contribution in [0.1, 0.15) is 59.0 Å². The molecule has 0 amide bonds. The molecule has 3 aromatic rings. The fraction of sp³-hybridized carbons (Fsp3) is 0.231. The van der Waals surface area contributed by atoms with Crippen molar-refractivity contribution in [2.75, 3.05) is 4.72 Å². The maximum Gasteiger partial charge on any atom is 0.173 e. The van der Waals surface area contributed by atoms with Crippen LogP contribution < -0.4 is 4.72 Å². The van der Waals surface area contributed by atoms with Gasteiger partial charge in [-0.1, -0.05) is 51.1 Å². The second kappa shape index (κ2) is 9.09. The number of nitrogens with one attached hydrogen (secondary N) is 1. The van der Waals surface area contributed by atoms with Gasteiger partial charge in [0, 0.05) is 22.9 Å². The average molecular weight is 449 g/mol. The molecule has 1 heterocycles. The molecule has 1 unspecified atom stereocenters. The van der Waals surface area contributed by atoms with Gasteiger partial charge >= 0.3 is 0 Å². The molecule has 0 spiro atoms. The molecule has 2 aromatic carbocycles. The molecule has 0 fully saturated rings. The molecule has 4 rings (SSSR count). The van der Waals surface area contributed by atoms with Gasteiger partial charge < -0.3 is 4.72 Å². The van der Waals surface area contributed by atoms with E-state index >= 15 is 0 Å². The first-order valence-electron chi connectivity index (χ1n) is 10.3. The molecule has 0 aliphatic heterocycles. The zero-order valence-corrected chi connectivity index (χ0v) is 19.7. The second-order valence-corrected chi connectivity index (χ2v) is 10.9. The molecular formula is C26H28N2O3S. The minimum atomic E-state index is -2.85. The Kier molecular flexibility index (Phi) is 6.65. The summed E-state index contributed by atoms with van der Waals surface area (Å²) < 4.78 is 16.0. The number of Topliss-reactive ketones (excluding diaryl/α,β-unsaturated/α-hetero) is 2. The number of nitrogens with zero attached hydrogens (tertiary/aromatic N) is 1. The van der Waals surface area contributed by atoms with Crippen LogP contribution in [0.15, 0.2) is 71.9 Å². The van der Waals surface area contributed by atoms with Gasteiger partial charge in [0.25, 0.3) is 0 Å². The normalized spacial score (nSPS) is 14.8. The quantitative estimate of drug-likeness (QED) is 0.439. The van der Waals surface area contributed by atoms with Gasteiger partial charge in [0.2, 0.25) is 0 Å². The number of benzene rings is 2. The summed E-state index contributed by atoms with van der Waals surface area (Å²) in [7, 11) is -2.85. The Hall–Kier alpha value is -3.25. The highest BCUT2D eigenvalue weighted by Gasteiger charge is 2.30. The molecule has 1 N–H and O–H groups in total. The molecule has 166 valence electrons. The van der Waals surface area contributed by atoms with Gasteiger partial charge in [-0.2, -0.15) is 0 Å². The van der Waals surface area contributed by atoms with Gasteiger partial charge in [-0.3, -0.25) is 14.6 Å². The summed E-state index contributed by atoms with van der Waals surface area (Å²) in [5.74, 6) is 3.37. The molecule has 1 atom stereocenters. The van der Waals surface area contributed by atoms with E-state index in [9.17, 15) is 13.8 Å². The van der Waals surface area contributed by atoms with Crippen LogP contribution in [0.5, 0.6) is 0 Å². The SMILES string of the molecule is C=S(=O)(Nc1cccc2c1C(=O)CC2=O)c1ccc(C(C)(C)C)cc1.Cc1cccnc1. The number of hydrogen-bond donors (Lipinski definition) is 1.